The van der Waals surface area contributed by atoms with Gasteiger partial charge in [0, 0.05) is 5.69 Å². The van der Waals surface area contributed by atoms with Crippen LogP contribution < -0.4 is 15.0 Å². The minimum absolute atomic E-state index is 0.0701. The Labute approximate surface area is 134 Å². The fourth-order valence-corrected chi connectivity index (χ4v) is 2.55. The SMILES string of the molecule is COc1ccc(CC(=O)N[C@H]2CN(c3ccccc3)C2=O)cc1. The van der Waals surface area contributed by atoms with Crippen LogP contribution in [0.1, 0.15) is 5.56 Å². The molecule has 23 heavy (non-hydrogen) atoms. The van der Waals surface area contributed by atoms with Gasteiger partial charge in [-0.3, -0.25) is 9.59 Å². The molecule has 1 N–H and O–H groups in total. The molecule has 0 bridgehead atoms. The van der Waals surface area contributed by atoms with E-state index in [-0.39, 0.29) is 18.2 Å². The molecule has 0 radical (unpaired) electrons. The minimum atomic E-state index is -0.430. The van der Waals surface area contributed by atoms with Gasteiger partial charge in [0.1, 0.15) is 11.8 Å². The lowest BCUT2D eigenvalue weighted by Crippen LogP contribution is -2.64. The summed E-state index contributed by atoms with van der Waals surface area (Å²) in [6.07, 6.45) is 0.249. The summed E-state index contributed by atoms with van der Waals surface area (Å²) in [6.45, 7) is 0.511. The van der Waals surface area contributed by atoms with Crippen LogP contribution in [0.5, 0.6) is 5.75 Å². The van der Waals surface area contributed by atoms with Gasteiger partial charge in [-0.05, 0) is 29.8 Å². The second kappa shape index (κ2) is 6.52. The highest BCUT2D eigenvalue weighted by Crippen LogP contribution is 2.21. The number of methoxy groups -OCH3 is 1. The van der Waals surface area contributed by atoms with Gasteiger partial charge in [-0.2, -0.15) is 0 Å². The molecule has 1 saturated heterocycles. The van der Waals surface area contributed by atoms with Crippen molar-refractivity contribution in [3.05, 3.63) is 60.2 Å². The van der Waals surface area contributed by atoms with Crippen LogP contribution in [0.4, 0.5) is 5.69 Å². The minimum Gasteiger partial charge on any atom is -0.497 e. The number of para-hydroxylation sites is 1. The number of amides is 2. The molecule has 1 fully saturated rings. The normalized spacial score (nSPS) is 16.7. The van der Waals surface area contributed by atoms with Crippen molar-refractivity contribution < 1.29 is 14.3 Å². The molecule has 1 atom stereocenters. The number of nitrogens with zero attached hydrogens (tertiary/aromatic N) is 1. The summed E-state index contributed by atoms with van der Waals surface area (Å²) in [7, 11) is 1.60. The van der Waals surface area contributed by atoms with Crippen molar-refractivity contribution in [3.63, 3.8) is 0 Å². The molecule has 0 spiro atoms. The van der Waals surface area contributed by atoms with Crippen LogP contribution in [0.3, 0.4) is 0 Å². The number of benzene rings is 2. The van der Waals surface area contributed by atoms with E-state index in [0.717, 1.165) is 17.0 Å². The molecule has 5 heteroatoms. The van der Waals surface area contributed by atoms with Gasteiger partial charge in [-0.25, -0.2) is 0 Å². The zero-order chi connectivity index (χ0) is 16.2. The standard InChI is InChI=1S/C18H18N2O3/c1-23-15-9-7-13(8-10-15)11-17(21)19-16-12-20(18(16)22)14-5-3-2-4-6-14/h2-10,16H,11-12H2,1H3,(H,19,21)/t16-/m0/s1. The summed E-state index contributed by atoms with van der Waals surface area (Å²) in [5, 5.41) is 2.78. The van der Waals surface area contributed by atoms with E-state index < -0.39 is 6.04 Å². The smallest absolute Gasteiger partial charge is 0.251 e. The van der Waals surface area contributed by atoms with E-state index in [1.807, 2.05) is 54.6 Å². The van der Waals surface area contributed by atoms with Crippen LogP contribution in [0.15, 0.2) is 54.6 Å². The van der Waals surface area contributed by atoms with Gasteiger partial charge in [0.2, 0.25) is 5.91 Å². The summed E-state index contributed by atoms with van der Waals surface area (Å²) >= 11 is 0. The first-order valence-corrected chi connectivity index (χ1v) is 7.46. The van der Waals surface area contributed by atoms with Gasteiger partial charge in [0.25, 0.3) is 5.91 Å². The van der Waals surface area contributed by atoms with E-state index in [0.29, 0.717) is 6.54 Å². The van der Waals surface area contributed by atoms with Crippen LogP contribution in [0.25, 0.3) is 0 Å². The van der Waals surface area contributed by atoms with E-state index in [4.69, 9.17) is 4.74 Å². The maximum Gasteiger partial charge on any atom is 0.251 e. The molecule has 1 aliphatic heterocycles. The number of anilines is 1. The highest BCUT2D eigenvalue weighted by atomic mass is 16.5. The van der Waals surface area contributed by atoms with Crippen molar-refractivity contribution >= 4 is 17.5 Å². The number of carbonyl (C=O) groups excluding carboxylic acids is 2. The van der Waals surface area contributed by atoms with E-state index in [2.05, 4.69) is 5.32 Å². The fraction of sp³-hybridized carbons (Fsp3) is 0.222. The fourth-order valence-electron chi connectivity index (χ4n) is 2.55. The lowest BCUT2D eigenvalue weighted by Gasteiger charge is -2.38. The Morgan fingerprint density at radius 2 is 1.87 bits per heavy atom. The lowest BCUT2D eigenvalue weighted by molar-refractivity contribution is -0.130. The van der Waals surface area contributed by atoms with E-state index in [9.17, 15) is 9.59 Å². The van der Waals surface area contributed by atoms with Gasteiger partial charge in [0.05, 0.1) is 20.1 Å². The summed E-state index contributed by atoms with van der Waals surface area (Å²) in [5.41, 5.74) is 1.74. The van der Waals surface area contributed by atoms with Crippen LogP contribution in [0.2, 0.25) is 0 Å². The predicted molar refractivity (Wildman–Crippen MR) is 87.4 cm³/mol. The van der Waals surface area contributed by atoms with Crippen molar-refractivity contribution in [1.29, 1.82) is 0 Å². The van der Waals surface area contributed by atoms with Gasteiger partial charge in [0.15, 0.2) is 0 Å². The molecule has 0 unspecified atom stereocenters. The second-order valence-electron chi connectivity index (χ2n) is 5.43. The highest BCUT2D eigenvalue weighted by Gasteiger charge is 2.38. The first-order chi connectivity index (χ1) is 11.2. The largest absolute Gasteiger partial charge is 0.497 e. The number of carbonyl (C=O) groups is 2. The number of hydrogen-bond acceptors (Lipinski definition) is 3. The predicted octanol–water partition coefficient (Wildman–Crippen LogP) is 1.77. The molecule has 1 aliphatic rings. The van der Waals surface area contributed by atoms with Gasteiger partial charge >= 0.3 is 0 Å². The first-order valence-electron chi connectivity index (χ1n) is 7.46. The molecule has 0 saturated carbocycles. The number of ether oxygens (including phenoxy) is 1. The Kier molecular flexibility index (Phi) is 4.28. The summed E-state index contributed by atoms with van der Waals surface area (Å²) < 4.78 is 5.08. The molecule has 1 heterocycles. The average molecular weight is 310 g/mol. The molecule has 3 rings (SSSR count). The van der Waals surface area contributed by atoms with Crippen molar-refractivity contribution in [1.82, 2.24) is 5.32 Å². The van der Waals surface area contributed by atoms with Gasteiger partial charge in [-0.15, -0.1) is 0 Å². The van der Waals surface area contributed by atoms with Gasteiger partial charge < -0.3 is 15.0 Å². The van der Waals surface area contributed by atoms with Crippen LogP contribution in [0, 0.1) is 0 Å². The third-order valence-corrected chi connectivity index (χ3v) is 3.86. The Morgan fingerprint density at radius 3 is 2.48 bits per heavy atom. The molecule has 2 aromatic rings. The van der Waals surface area contributed by atoms with E-state index in [1.54, 1.807) is 12.0 Å². The molecule has 2 aromatic carbocycles. The molecular formula is C18H18N2O3. The Morgan fingerprint density at radius 1 is 1.17 bits per heavy atom. The number of rotatable bonds is 5. The monoisotopic (exact) mass is 310 g/mol. The van der Waals surface area contributed by atoms with Crippen molar-refractivity contribution in [2.24, 2.45) is 0 Å². The maximum atomic E-state index is 12.1. The van der Waals surface area contributed by atoms with Crippen LogP contribution in [-0.4, -0.2) is 31.5 Å². The second-order valence-corrected chi connectivity index (χ2v) is 5.43. The number of β-lactam (4-membered cyclic amide) rings is 1. The molecular weight excluding hydrogens is 292 g/mol. The highest BCUT2D eigenvalue weighted by molar-refractivity contribution is 6.05. The Bertz CT molecular complexity index is 698. The van der Waals surface area contributed by atoms with E-state index >= 15 is 0 Å². The molecule has 0 aliphatic carbocycles. The van der Waals surface area contributed by atoms with Gasteiger partial charge in [-0.1, -0.05) is 30.3 Å². The zero-order valence-electron chi connectivity index (χ0n) is 12.9. The van der Waals surface area contributed by atoms with Crippen molar-refractivity contribution in [2.75, 3.05) is 18.6 Å². The summed E-state index contributed by atoms with van der Waals surface area (Å²) in [6, 6.07) is 16.3. The zero-order valence-corrected chi connectivity index (χ0v) is 12.9. The molecule has 5 nitrogen and oxygen atoms in total. The van der Waals surface area contributed by atoms with E-state index in [1.165, 1.54) is 0 Å². The Hall–Kier alpha value is -2.82. The van der Waals surface area contributed by atoms with Crippen molar-refractivity contribution in [2.45, 2.75) is 12.5 Å². The maximum absolute atomic E-state index is 12.1. The molecule has 118 valence electrons. The van der Waals surface area contributed by atoms with Crippen LogP contribution in [-0.2, 0) is 16.0 Å². The van der Waals surface area contributed by atoms with Crippen LogP contribution >= 0.6 is 0 Å². The summed E-state index contributed by atoms with van der Waals surface area (Å²) in [4.78, 5) is 25.8. The Balaban J connectivity index is 1.52. The summed E-state index contributed by atoms with van der Waals surface area (Å²) in [5.74, 6) is 0.530. The molecule has 2 amide bonds. The third-order valence-electron chi connectivity index (χ3n) is 3.86. The lowest BCUT2D eigenvalue weighted by atomic mass is 10.1. The first kappa shape index (κ1) is 15.1. The number of nitrogens with one attached hydrogen (secondary N) is 1. The van der Waals surface area contributed by atoms with Crippen molar-refractivity contribution in [3.8, 4) is 5.75 Å². The topological polar surface area (TPSA) is 58.6 Å². The average Bonchev–Trinajstić information content (AvgIpc) is 2.59. The molecule has 0 aromatic heterocycles. The quantitative estimate of drug-likeness (QED) is 0.856. The number of hydrogen-bond donors (Lipinski definition) is 1. The third kappa shape index (κ3) is 3.34.